The monoisotopic (exact) mass is 257 g/mol. The van der Waals surface area contributed by atoms with Gasteiger partial charge in [-0.1, -0.05) is 32.0 Å². The lowest BCUT2D eigenvalue weighted by molar-refractivity contribution is -0.135. The summed E-state index contributed by atoms with van der Waals surface area (Å²) in [5, 5.41) is 0. The predicted octanol–water partition coefficient (Wildman–Crippen LogP) is 2.68. The number of rotatable bonds is 0. The molecule has 1 amide bonds. The van der Waals surface area contributed by atoms with Gasteiger partial charge in [0.05, 0.1) is 5.41 Å². The summed E-state index contributed by atoms with van der Waals surface area (Å²) in [5.74, 6) is 0.423. The Kier molecular flexibility index (Phi) is 2.40. The first-order valence-electron chi connectivity index (χ1n) is 6.79. The number of hydrogen-bond donors (Lipinski definition) is 0. The molecule has 1 unspecified atom stereocenters. The Morgan fingerprint density at radius 1 is 1.16 bits per heavy atom. The Morgan fingerprint density at radius 2 is 1.84 bits per heavy atom. The molecular weight excluding hydrogens is 238 g/mol. The van der Waals surface area contributed by atoms with E-state index in [1.807, 2.05) is 45.2 Å². The van der Waals surface area contributed by atoms with Crippen LogP contribution < -0.4 is 4.90 Å². The summed E-state index contributed by atoms with van der Waals surface area (Å²) in [4.78, 5) is 26.5. The third-order valence-corrected chi connectivity index (χ3v) is 4.77. The molecule has 1 aromatic carbocycles. The summed E-state index contributed by atoms with van der Waals surface area (Å²) in [6, 6.07) is 7.98. The highest BCUT2D eigenvalue weighted by Crippen LogP contribution is 2.53. The summed E-state index contributed by atoms with van der Waals surface area (Å²) < 4.78 is 0. The first kappa shape index (κ1) is 12.4. The molecule has 1 spiro atoms. The predicted molar refractivity (Wildman–Crippen MR) is 74.2 cm³/mol. The van der Waals surface area contributed by atoms with Crippen molar-refractivity contribution in [1.29, 1.82) is 0 Å². The van der Waals surface area contributed by atoms with Gasteiger partial charge in [0.1, 0.15) is 5.78 Å². The van der Waals surface area contributed by atoms with Crippen LogP contribution in [0, 0.1) is 5.41 Å². The Hall–Kier alpha value is -1.64. The van der Waals surface area contributed by atoms with Crippen LogP contribution in [0.25, 0.3) is 0 Å². The molecule has 1 aliphatic carbocycles. The van der Waals surface area contributed by atoms with Gasteiger partial charge in [-0.05, 0) is 24.5 Å². The Morgan fingerprint density at radius 3 is 2.53 bits per heavy atom. The highest BCUT2D eigenvalue weighted by Gasteiger charge is 2.55. The second-order valence-corrected chi connectivity index (χ2v) is 6.45. The topological polar surface area (TPSA) is 37.4 Å². The highest BCUT2D eigenvalue weighted by atomic mass is 16.2. The molecule has 0 saturated heterocycles. The number of likely N-dealkylation sites (N-methyl/N-ethyl adjacent to an activating group) is 1. The molecule has 19 heavy (non-hydrogen) atoms. The number of ketones is 1. The van der Waals surface area contributed by atoms with Gasteiger partial charge >= 0.3 is 0 Å². The lowest BCUT2D eigenvalue weighted by atomic mass is 9.60. The Balaban J connectivity index is 2.15. The summed E-state index contributed by atoms with van der Waals surface area (Å²) in [6.45, 7) is 3.93. The number of nitrogens with zero attached hydrogens (tertiary/aromatic N) is 1. The lowest BCUT2D eigenvalue weighted by Crippen LogP contribution is -2.47. The number of amides is 1. The smallest absolute Gasteiger partial charge is 0.237 e. The van der Waals surface area contributed by atoms with Crippen LogP contribution >= 0.6 is 0 Å². The van der Waals surface area contributed by atoms with Gasteiger partial charge in [-0.15, -0.1) is 0 Å². The van der Waals surface area contributed by atoms with E-state index in [2.05, 4.69) is 0 Å². The molecule has 0 N–H and O–H groups in total. The number of benzene rings is 1. The first-order chi connectivity index (χ1) is 8.88. The fourth-order valence-corrected chi connectivity index (χ4v) is 3.74. The molecule has 1 fully saturated rings. The van der Waals surface area contributed by atoms with Crippen LogP contribution in [0.15, 0.2) is 24.3 Å². The summed E-state index contributed by atoms with van der Waals surface area (Å²) in [5.41, 5.74) is 1.20. The number of carbonyl (C=O) groups is 2. The number of hydrogen-bond acceptors (Lipinski definition) is 2. The van der Waals surface area contributed by atoms with E-state index in [-0.39, 0.29) is 11.7 Å². The van der Waals surface area contributed by atoms with Crippen LogP contribution in [0.3, 0.4) is 0 Å². The maximum atomic E-state index is 12.7. The molecule has 1 aromatic rings. The van der Waals surface area contributed by atoms with E-state index in [4.69, 9.17) is 0 Å². The molecule has 3 heteroatoms. The van der Waals surface area contributed by atoms with Crippen LogP contribution in [-0.2, 0) is 15.0 Å². The number of fused-ring (bicyclic) bond motifs is 2. The quantitative estimate of drug-likeness (QED) is 0.716. The van der Waals surface area contributed by atoms with Gasteiger partial charge in [0, 0.05) is 24.6 Å². The second kappa shape index (κ2) is 3.69. The van der Waals surface area contributed by atoms with Crippen LogP contribution in [0.1, 0.15) is 38.7 Å². The third-order valence-electron chi connectivity index (χ3n) is 4.77. The molecule has 0 aromatic heterocycles. The number of anilines is 1. The van der Waals surface area contributed by atoms with Crippen LogP contribution in [0.4, 0.5) is 5.69 Å². The van der Waals surface area contributed by atoms with Crippen molar-refractivity contribution in [2.24, 2.45) is 5.41 Å². The maximum Gasteiger partial charge on any atom is 0.237 e. The Labute approximate surface area is 113 Å². The normalized spacial score (nSPS) is 28.9. The molecular formula is C16H19NO2. The average molecular weight is 257 g/mol. The zero-order chi connectivity index (χ0) is 13.8. The van der Waals surface area contributed by atoms with Gasteiger partial charge in [0.15, 0.2) is 0 Å². The SMILES string of the molecule is CN1C(=O)C2(CCC(=O)C(C)(C)C2)c2ccccc21. The van der Waals surface area contributed by atoms with E-state index in [0.29, 0.717) is 19.3 Å². The third kappa shape index (κ3) is 1.50. The van der Waals surface area contributed by atoms with Crippen molar-refractivity contribution in [1.82, 2.24) is 0 Å². The van der Waals surface area contributed by atoms with Crippen molar-refractivity contribution in [2.75, 3.05) is 11.9 Å². The first-order valence-corrected chi connectivity index (χ1v) is 6.79. The minimum Gasteiger partial charge on any atom is -0.314 e. The minimum atomic E-state index is -0.483. The number of para-hydroxylation sites is 1. The van der Waals surface area contributed by atoms with Gasteiger partial charge in [0.25, 0.3) is 0 Å². The van der Waals surface area contributed by atoms with Crippen molar-refractivity contribution < 1.29 is 9.59 Å². The lowest BCUT2D eigenvalue weighted by Gasteiger charge is -2.40. The van der Waals surface area contributed by atoms with Crippen molar-refractivity contribution in [3.05, 3.63) is 29.8 Å². The van der Waals surface area contributed by atoms with Crippen molar-refractivity contribution >= 4 is 17.4 Å². The minimum absolute atomic E-state index is 0.147. The molecule has 1 saturated carbocycles. The zero-order valence-corrected chi connectivity index (χ0v) is 11.7. The molecule has 3 rings (SSSR count). The van der Waals surface area contributed by atoms with E-state index < -0.39 is 10.8 Å². The Bertz CT molecular complexity index is 576. The second-order valence-electron chi connectivity index (χ2n) is 6.45. The van der Waals surface area contributed by atoms with E-state index >= 15 is 0 Å². The average Bonchev–Trinajstić information content (AvgIpc) is 2.58. The highest BCUT2D eigenvalue weighted by molar-refractivity contribution is 6.09. The number of carbonyl (C=O) groups excluding carboxylic acids is 2. The molecule has 100 valence electrons. The van der Waals surface area contributed by atoms with Gasteiger partial charge in [-0.2, -0.15) is 0 Å². The standard InChI is InChI=1S/C16H19NO2/c1-15(2)10-16(9-8-13(15)18)11-6-4-5-7-12(11)17(3)14(16)19/h4-7H,8-10H2,1-3H3. The van der Waals surface area contributed by atoms with Crippen LogP contribution in [-0.4, -0.2) is 18.7 Å². The number of Topliss-reactive ketones (excluding diaryl/α,β-unsaturated/α-hetero) is 1. The molecule has 1 heterocycles. The molecule has 1 atom stereocenters. The summed E-state index contributed by atoms with van der Waals surface area (Å²) in [6.07, 6.45) is 1.77. The summed E-state index contributed by atoms with van der Waals surface area (Å²) in [7, 11) is 1.83. The van der Waals surface area contributed by atoms with Crippen molar-refractivity contribution in [2.45, 2.75) is 38.5 Å². The molecule has 1 aliphatic heterocycles. The summed E-state index contributed by atoms with van der Waals surface area (Å²) >= 11 is 0. The fraction of sp³-hybridized carbons (Fsp3) is 0.500. The van der Waals surface area contributed by atoms with Gasteiger partial charge in [-0.3, -0.25) is 9.59 Å². The van der Waals surface area contributed by atoms with E-state index in [1.165, 1.54) is 0 Å². The van der Waals surface area contributed by atoms with E-state index in [1.54, 1.807) is 4.90 Å². The zero-order valence-electron chi connectivity index (χ0n) is 11.7. The van der Waals surface area contributed by atoms with Gasteiger partial charge in [-0.25, -0.2) is 0 Å². The molecule has 0 bridgehead atoms. The van der Waals surface area contributed by atoms with Crippen molar-refractivity contribution in [3.8, 4) is 0 Å². The van der Waals surface area contributed by atoms with Crippen LogP contribution in [0.5, 0.6) is 0 Å². The largest absolute Gasteiger partial charge is 0.314 e. The van der Waals surface area contributed by atoms with Gasteiger partial charge in [0.2, 0.25) is 5.91 Å². The van der Waals surface area contributed by atoms with E-state index in [9.17, 15) is 9.59 Å². The molecule has 2 aliphatic rings. The van der Waals surface area contributed by atoms with Gasteiger partial charge < -0.3 is 4.90 Å². The fourth-order valence-electron chi connectivity index (χ4n) is 3.74. The molecule has 3 nitrogen and oxygen atoms in total. The van der Waals surface area contributed by atoms with Crippen molar-refractivity contribution in [3.63, 3.8) is 0 Å². The van der Waals surface area contributed by atoms with Crippen LogP contribution in [0.2, 0.25) is 0 Å². The maximum absolute atomic E-state index is 12.7. The van der Waals surface area contributed by atoms with E-state index in [0.717, 1.165) is 11.3 Å². The molecule has 0 radical (unpaired) electrons.